The molecule has 0 aliphatic heterocycles. The number of thiophene rings is 1. The number of benzene rings is 1. The van der Waals surface area contributed by atoms with Crippen LogP contribution in [-0.4, -0.2) is 17.9 Å². The number of esters is 1. The minimum atomic E-state index is -0.244. The van der Waals surface area contributed by atoms with Crippen molar-refractivity contribution in [2.45, 2.75) is 0 Å². The maximum absolute atomic E-state index is 11.6. The largest absolute Gasteiger partial charge is 0.461 e. The number of halogens is 1. The van der Waals surface area contributed by atoms with Crippen LogP contribution >= 0.6 is 27.3 Å². The first kappa shape index (κ1) is 10.6. The molecule has 0 radical (unpaired) electrons. The van der Waals surface area contributed by atoms with Crippen molar-refractivity contribution >= 4 is 43.3 Å². The van der Waals surface area contributed by atoms with Gasteiger partial charge in [-0.1, -0.05) is 34.1 Å². The van der Waals surface area contributed by atoms with Gasteiger partial charge in [0, 0.05) is 20.8 Å². The second-order valence-electron chi connectivity index (χ2n) is 2.97. The summed E-state index contributed by atoms with van der Waals surface area (Å²) in [6, 6.07) is 7.83. The van der Waals surface area contributed by atoms with E-state index in [1.54, 1.807) is 11.3 Å². The van der Waals surface area contributed by atoms with Gasteiger partial charge in [0.1, 0.15) is 6.61 Å². The maximum atomic E-state index is 11.6. The first-order chi connectivity index (χ1) is 7.33. The van der Waals surface area contributed by atoms with Crippen molar-refractivity contribution in [3.8, 4) is 0 Å². The summed E-state index contributed by atoms with van der Waals surface area (Å²) in [6.45, 7) is 0.406. The summed E-state index contributed by atoms with van der Waals surface area (Å²) >= 11 is 4.78. The lowest BCUT2D eigenvalue weighted by molar-refractivity contribution is 0.0534. The molecule has 0 N–H and O–H groups in total. The quantitative estimate of drug-likeness (QED) is 0.637. The molecule has 2 rings (SSSR count). The number of carbonyl (C=O) groups is 1. The molecule has 1 aromatic heterocycles. The molecule has 2 aromatic rings. The Hall–Kier alpha value is -0.870. The SMILES string of the molecule is O=C(OCCBr)c1csc2ccccc12. The summed E-state index contributed by atoms with van der Waals surface area (Å²) in [5.41, 5.74) is 0.663. The van der Waals surface area contributed by atoms with Gasteiger partial charge in [-0.3, -0.25) is 0 Å². The van der Waals surface area contributed by atoms with E-state index in [2.05, 4.69) is 15.9 Å². The van der Waals surface area contributed by atoms with E-state index in [9.17, 15) is 4.79 Å². The molecule has 0 bridgehead atoms. The van der Waals surface area contributed by atoms with Crippen LogP contribution in [0.25, 0.3) is 10.1 Å². The highest BCUT2D eigenvalue weighted by Gasteiger charge is 2.12. The molecule has 1 aromatic carbocycles. The second kappa shape index (κ2) is 4.77. The van der Waals surface area contributed by atoms with Gasteiger partial charge in [0.05, 0.1) is 5.56 Å². The highest BCUT2D eigenvalue weighted by Crippen LogP contribution is 2.25. The number of alkyl halides is 1. The molecule has 2 nitrogen and oxygen atoms in total. The normalized spacial score (nSPS) is 10.5. The Bertz CT molecular complexity index is 478. The first-order valence-corrected chi connectivity index (χ1v) is 6.52. The average Bonchev–Trinajstić information content (AvgIpc) is 2.69. The Morgan fingerprint density at radius 2 is 2.20 bits per heavy atom. The molecule has 4 heteroatoms. The summed E-state index contributed by atoms with van der Waals surface area (Å²) < 4.78 is 6.18. The van der Waals surface area contributed by atoms with E-state index in [-0.39, 0.29) is 5.97 Å². The lowest BCUT2D eigenvalue weighted by Gasteiger charge is -2.00. The maximum Gasteiger partial charge on any atom is 0.339 e. The Morgan fingerprint density at radius 1 is 1.40 bits per heavy atom. The minimum Gasteiger partial charge on any atom is -0.461 e. The lowest BCUT2D eigenvalue weighted by atomic mass is 10.2. The number of hydrogen-bond donors (Lipinski definition) is 0. The summed E-state index contributed by atoms with van der Waals surface area (Å²) in [7, 11) is 0. The van der Waals surface area contributed by atoms with E-state index < -0.39 is 0 Å². The summed E-state index contributed by atoms with van der Waals surface area (Å²) in [5.74, 6) is -0.244. The Labute approximate surface area is 100.0 Å². The topological polar surface area (TPSA) is 26.3 Å². The van der Waals surface area contributed by atoms with Crippen molar-refractivity contribution in [3.63, 3.8) is 0 Å². The van der Waals surface area contributed by atoms with E-state index >= 15 is 0 Å². The van der Waals surface area contributed by atoms with E-state index in [4.69, 9.17) is 4.74 Å². The molecule has 0 atom stereocenters. The predicted octanol–water partition coefficient (Wildman–Crippen LogP) is 3.45. The van der Waals surface area contributed by atoms with Gasteiger partial charge in [0.15, 0.2) is 0 Å². The van der Waals surface area contributed by atoms with Gasteiger partial charge in [-0.25, -0.2) is 4.79 Å². The highest BCUT2D eigenvalue weighted by molar-refractivity contribution is 9.09. The van der Waals surface area contributed by atoms with Gasteiger partial charge < -0.3 is 4.74 Å². The third-order valence-corrected chi connectivity index (χ3v) is 3.30. The third kappa shape index (κ3) is 2.21. The minimum absolute atomic E-state index is 0.244. The zero-order valence-electron chi connectivity index (χ0n) is 7.90. The molecule has 0 fully saturated rings. The third-order valence-electron chi connectivity index (χ3n) is 2.01. The van der Waals surface area contributed by atoms with E-state index in [1.807, 2.05) is 29.6 Å². The summed E-state index contributed by atoms with van der Waals surface area (Å²) in [5, 5.41) is 3.49. The first-order valence-electron chi connectivity index (χ1n) is 4.52. The summed E-state index contributed by atoms with van der Waals surface area (Å²) in [6.07, 6.45) is 0. The number of ether oxygens (including phenoxy) is 1. The standard InChI is InChI=1S/C11H9BrO2S/c12-5-6-14-11(13)9-7-15-10-4-2-1-3-8(9)10/h1-4,7H,5-6H2. The van der Waals surface area contributed by atoms with Crippen LogP contribution in [0.4, 0.5) is 0 Å². The van der Waals surface area contributed by atoms with Gasteiger partial charge in [0.25, 0.3) is 0 Å². The molecule has 15 heavy (non-hydrogen) atoms. The highest BCUT2D eigenvalue weighted by atomic mass is 79.9. The summed E-state index contributed by atoms with van der Waals surface area (Å²) in [4.78, 5) is 11.6. The molecule has 78 valence electrons. The average molecular weight is 285 g/mol. The van der Waals surface area contributed by atoms with Crippen molar-refractivity contribution in [1.29, 1.82) is 0 Å². The fraction of sp³-hybridized carbons (Fsp3) is 0.182. The number of rotatable bonds is 3. The van der Waals surface area contributed by atoms with Gasteiger partial charge in [-0.15, -0.1) is 11.3 Å². The van der Waals surface area contributed by atoms with Crippen LogP contribution < -0.4 is 0 Å². The molecule has 0 amide bonds. The predicted molar refractivity (Wildman–Crippen MR) is 65.9 cm³/mol. The number of fused-ring (bicyclic) bond motifs is 1. The lowest BCUT2D eigenvalue weighted by Crippen LogP contribution is -2.06. The molecule has 1 heterocycles. The Kier molecular flexibility index (Phi) is 3.38. The van der Waals surface area contributed by atoms with E-state index in [1.165, 1.54) is 0 Å². The smallest absolute Gasteiger partial charge is 0.339 e. The molecular weight excluding hydrogens is 276 g/mol. The zero-order chi connectivity index (χ0) is 10.7. The zero-order valence-corrected chi connectivity index (χ0v) is 10.3. The fourth-order valence-corrected chi connectivity index (χ4v) is 2.44. The van der Waals surface area contributed by atoms with Gasteiger partial charge in [0.2, 0.25) is 0 Å². The van der Waals surface area contributed by atoms with Crippen molar-refractivity contribution in [2.75, 3.05) is 11.9 Å². The van der Waals surface area contributed by atoms with Crippen LogP contribution in [0.5, 0.6) is 0 Å². The molecule has 0 spiro atoms. The van der Waals surface area contributed by atoms with Crippen LogP contribution in [-0.2, 0) is 4.74 Å². The van der Waals surface area contributed by atoms with Crippen LogP contribution in [0.2, 0.25) is 0 Å². The monoisotopic (exact) mass is 284 g/mol. The molecular formula is C11H9BrO2S. The van der Waals surface area contributed by atoms with E-state index in [0.717, 1.165) is 10.1 Å². The number of hydrogen-bond acceptors (Lipinski definition) is 3. The van der Waals surface area contributed by atoms with Crippen molar-refractivity contribution in [2.24, 2.45) is 0 Å². The van der Waals surface area contributed by atoms with E-state index in [0.29, 0.717) is 17.5 Å². The molecule has 0 saturated heterocycles. The molecule has 0 aliphatic carbocycles. The molecule has 0 unspecified atom stereocenters. The van der Waals surface area contributed by atoms with Crippen molar-refractivity contribution in [1.82, 2.24) is 0 Å². The Morgan fingerprint density at radius 3 is 3.00 bits per heavy atom. The van der Waals surface area contributed by atoms with Crippen molar-refractivity contribution in [3.05, 3.63) is 35.2 Å². The van der Waals surface area contributed by atoms with Crippen LogP contribution in [0.15, 0.2) is 29.6 Å². The van der Waals surface area contributed by atoms with Crippen molar-refractivity contribution < 1.29 is 9.53 Å². The van der Waals surface area contributed by atoms with Gasteiger partial charge in [-0.05, 0) is 6.07 Å². The molecule has 0 aliphatic rings. The van der Waals surface area contributed by atoms with Crippen LogP contribution in [0.3, 0.4) is 0 Å². The van der Waals surface area contributed by atoms with Crippen LogP contribution in [0, 0.1) is 0 Å². The van der Waals surface area contributed by atoms with Gasteiger partial charge in [-0.2, -0.15) is 0 Å². The Balaban J connectivity index is 2.31. The van der Waals surface area contributed by atoms with Crippen LogP contribution in [0.1, 0.15) is 10.4 Å². The van der Waals surface area contributed by atoms with Gasteiger partial charge >= 0.3 is 5.97 Å². The second-order valence-corrected chi connectivity index (χ2v) is 4.67. The number of carbonyl (C=O) groups excluding carboxylic acids is 1. The molecule has 0 saturated carbocycles. The fourth-order valence-electron chi connectivity index (χ4n) is 1.34.